The van der Waals surface area contributed by atoms with E-state index in [1.165, 1.54) is 12.1 Å². The van der Waals surface area contributed by atoms with Crippen molar-refractivity contribution >= 4 is 17.8 Å². The maximum atomic E-state index is 13.2. The Morgan fingerprint density at radius 2 is 2.06 bits per heavy atom. The van der Waals surface area contributed by atoms with Gasteiger partial charge in [0.05, 0.1) is 11.4 Å². The number of fused-ring (bicyclic) bond motifs is 1. The molecule has 2 fully saturated rings. The number of hydrogen-bond acceptors (Lipinski definition) is 3. The van der Waals surface area contributed by atoms with E-state index in [0.29, 0.717) is 23.9 Å². The fourth-order valence-corrected chi connectivity index (χ4v) is 3.02. The number of carbonyl (C=O) groups is 1. The molecular formula is C13H16FN3O. The normalized spacial score (nSPS) is 26.2. The van der Waals surface area contributed by atoms with Crippen molar-refractivity contribution in [1.29, 1.82) is 0 Å². The van der Waals surface area contributed by atoms with E-state index in [2.05, 4.69) is 15.5 Å². The van der Waals surface area contributed by atoms with Gasteiger partial charge in [-0.25, -0.2) is 4.39 Å². The van der Waals surface area contributed by atoms with Gasteiger partial charge in [-0.15, -0.1) is 0 Å². The first-order valence-electron chi connectivity index (χ1n) is 6.23. The molecule has 2 aliphatic rings. The van der Waals surface area contributed by atoms with Gasteiger partial charge in [0.25, 0.3) is 0 Å². The quantitative estimate of drug-likeness (QED) is 0.787. The lowest BCUT2D eigenvalue weighted by atomic mass is 10.0. The number of carbonyl (C=O) groups excluding carboxylic acids is 1. The molecule has 2 heterocycles. The molecule has 5 heteroatoms. The topological polar surface area (TPSA) is 44.4 Å². The lowest BCUT2D eigenvalue weighted by Gasteiger charge is -2.22. The summed E-state index contributed by atoms with van der Waals surface area (Å²) in [5, 5.41) is 5.97. The van der Waals surface area contributed by atoms with Gasteiger partial charge in [0.2, 0.25) is 6.41 Å². The van der Waals surface area contributed by atoms with Gasteiger partial charge in [-0.05, 0) is 30.0 Å². The van der Waals surface area contributed by atoms with Gasteiger partial charge >= 0.3 is 0 Å². The Morgan fingerprint density at radius 3 is 2.72 bits per heavy atom. The molecule has 0 bridgehead atoms. The number of nitrogens with one attached hydrogen (secondary N) is 2. The van der Waals surface area contributed by atoms with Gasteiger partial charge in [-0.2, -0.15) is 0 Å². The predicted molar refractivity (Wildman–Crippen MR) is 68.1 cm³/mol. The van der Waals surface area contributed by atoms with E-state index in [0.717, 1.165) is 31.9 Å². The van der Waals surface area contributed by atoms with Crippen LogP contribution in [-0.4, -0.2) is 32.6 Å². The van der Waals surface area contributed by atoms with Crippen molar-refractivity contribution in [1.82, 2.24) is 5.32 Å². The summed E-state index contributed by atoms with van der Waals surface area (Å²) in [5.41, 5.74) is 1.47. The molecule has 0 spiro atoms. The largest absolute Gasteiger partial charge is 0.369 e. The second-order valence-electron chi connectivity index (χ2n) is 5.01. The first-order valence-corrected chi connectivity index (χ1v) is 6.23. The monoisotopic (exact) mass is 249 g/mol. The minimum absolute atomic E-state index is 0.329. The Labute approximate surface area is 105 Å². The standard InChI is InChI=1S/C13H16FN3O/c14-11-1-2-13(12(3-11)16-8-18)17-6-9-4-15-5-10(9)7-17/h1-3,8-10,15H,4-7H2,(H,16,18). The molecule has 2 N–H and O–H groups in total. The second-order valence-corrected chi connectivity index (χ2v) is 5.01. The fraction of sp³-hybridized carbons (Fsp3) is 0.462. The molecule has 2 atom stereocenters. The number of anilines is 2. The van der Waals surface area contributed by atoms with Crippen LogP contribution in [0.25, 0.3) is 0 Å². The van der Waals surface area contributed by atoms with E-state index in [4.69, 9.17) is 0 Å². The number of rotatable bonds is 3. The van der Waals surface area contributed by atoms with E-state index < -0.39 is 0 Å². The fourth-order valence-electron chi connectivity index (χ4n) is 3.02. The molecule has 3 rings (SSSR count). The molecule has 0 saturated carbocycles. The average molecular weight is 249 g/mol. The van der Waals surface area contributed by atoms with Crippen LogP contribution in [0.3, 0.4) is 0 Å². The lowest BCUT2D eigenvalue weighted by molar-refractivity contribution is -0.105. The van der Waals surface area contributed by atoms with Gasteiger partial charge in [-0.1, -0.05) is 0 Å². The van der Waals surface area contributed by atoms with Crippen LogP contribution in [0.15, 0.2) is 18.2 Å². The SMILES string of the molecule is O=CNc1cc(F)ccc1N1CC2CNCC2C1. The highest BCUT2D eigenvalue weighted by Crippen LogP contribution is 2.34. The van der Waals surface area contributed by atoms with E-state index in [-0.39, 0.29) is 5.82 Å². The highest BCUT2D eigenvalue weighted by Gasteiger charge is 2.36. The van der Waals surface area contributed by atoms with Crippen molar-refractivity contribution in [3.05, 3.63) is 24.0 Å². The molecule has 0 radical (unpaired) electrons. The molecule has 96 valence electrons. The highest BCUT2D eigenvalue weighted by molar-refractivity contribution is 5.81. The second kappa shape index (κ2) is 4.57. The van der Waals surface area contributed by atoms with Gasteiger partial charge in [0.15, 0.2) is 0 Å². The Balaban J connectivity index is 1.85. The zero-order valence-electron chi connectivity index (χ0n) is 10.0. The maximum Gasteiger partial charge on any atom is 0.211 e. The van der Waals surface area contributed by atoms with Crippen LogP contribution in [0.1, 0.15) is 0 Å². The highest BCUT2D eigenvalue weighted by atomic mass is 19.1. The number of hydrogen-bond donors (Lipinski definition) is 2. The first-order chi connectivity index (χ1) is 8.78. The molecule has 18 heavy (non-hydrogen) atoms. The van der Waals surface area contributed by atoms with E-state index >= 15 is 0 Å². The van der Waals surface area contributed by atoms with Crippen LogP contribution in [0.2, 0.25) is 0 Å². The summed E-state index contributed by atoms with van der Waals surface area (Å²) >= 11 is 0. The van der Waals surface area contributed by atoms with E-state index in [1.807, 2.05) is 0 Å². The minimum Gasteiger partial charge on any atom is -0.369 e. The molecule has 0 aliphatic carbocycles. The van der Waals surface area contributed by atoms with E-state index in [1.54, 1.807) is 6.07 Å². The Hall–Kier alpha value is -1.62. The van der Waals surface area contributed by atoms with Crippen LogP contribution < -0.4 is 15.5 Å². The molecule has 2 unspecified atom stereocenters. The predicted octanol–water partition coefficient (Wildman–Crippen LogP) is 1.05. The van der Waals surface area contributed by atoms with Gasteiger partial charge in [-0.3, -0.25) is 4.79 Å². The zero-order chi connectivity index (χ0) is 12.5. The number of halogens is 1. The number of benzene rings is 1. The Bertz CT molecular complexity index is 454. The molecule has 0 aromatic heterocycles. The van der Waals surface area contributed by atoms with Gasteiger partial charge in [0.1, 0.15) is 5.82 Å². The van der Waals surface area contributed by atoms with Crippen LogP contribution >= 0.6 is 0 Å². The van der Waals surface area contributed by atoms with Crippen LogP contribution in [-0.2, 0) is 4.79 Å². The molecule has 1 aromatic carbocycles. The Morgan fingerprint density at radius 1 is 1.33 bits per heavy atom. The molecule has 2 aliphatic heterocycles. The van der Waals surface area contributed by atoms with Gasteiger partial charge in [0, 0.05) is 26.2 Å². The maximum absolute atomic E-state index is 13.2. The molecule has 1 amide bonds. The molecular weight excluding hydrogens is 233 g/mol. The van der Waals surface area contributed by atoms with Crippen molar-refractivity contribution in [2.24, 2.45) is 11.8 Å². The van der Waals surface area contributed by atoms with Crippen molar-refractivity contribution in [2.75, 3.05) is 36.4 Å². The summed E-state index contributed by atoms with van der Waals surface area (Å²) in [5.74, 6) is 1.00. The van der Waals surface area contributed by atoms with Crippen molar-refractivity contribution in [3.63, 3.8) is 0 Å². The first kappa shape index (κ1) is 11.5. The summed E-state index contributed by atoms with van der Waals surface area (Å²) in [7, 11) is 0. The average Bonchev–Trinajstić information content (AvgIpc) is 2.90. The third-order valence-corrected chi connectivity index (χ3v) is 3.90. The minimum atomic E-state index is -0.329. The number of nitrogens with zero attached hydrogens (tertiary/aromatic N) is 1. The Kier molecular flexibility index (Phi) is 2.91. The zero-order valence-corrected chi connectivity index (χ0v) is 10.0. The van der Waals surface area contributed by atoms with Crippen molar-refractivity contribution in [2.45, 2.75) is 0 Å². The van der Waals surface area contributed by atoms with Crippen molar-refractivity contribution < 1.29 is 9.18 Å². The molecule has 4 nitrogen and oxygen atoms in total. The summed E-state index contributed by atoms with van der Waals surface area (Å²) in [6, 6.07) is 4.56. The summed E-state index contributed by atoms with van der Waals surface area (Å²) in [6.45, 7) is 4.05. The van der Waals surface area contributed by atoms with Gasteiger partial charge < -0.3 is 15.5 Å². The third kappa shape index (κ3) is 1.95. The number of amides is 1. The molecule has 2 saturated heterocycles. The third-order valence-electron chi connectivity index (χ3n) is 3.90. The van der Waals surface area contributed by atoms with Crippen molar-refractivity contribution in [3.8, 4) is 0 Å². The van der Waals surface area contributed by atoms with Crippen LogP contribution in [0, 0.1) is 17.7 Å². The lowest BCUT2D eigenvalue weighted by Crippen LogP contribution is -2.26. The summed E-state index contributed by atoms with van der Waals surface area (Å²) < 4.78 is 13.2. The summed E-state index contributed by atoms with van der Waals surface area (Å²) in [6.07, 6.45) is 0.594. The van der Waals surface area contributed by atoms with Crippen LogP contribution in [0.5, 0.6) is 0 Å². The van der Waals surface area contributed by atoms with E-state index in [9.17, 15) is 9.18 Å². The smallest absolute Gasteiger partial charge is 0.211 e. The summed E-state index contributed by atoms with van der Waals surface area (Å²) in [4.78, 5) is 12.8. The molecule has 1 aromatic rings. The van der Waals surface area contributed by atoms with Crippen LogP contribution in [0.4, 0.5) is 15.8 Å².